The molecule has 0 nitrogen and oxygen atoms in total. The van der Waals surface area contributed by atoms with E-state index in [0.29, 0.717) is 5.92 Å². The molecular weight excluding hydrogens is 621 g/mol. The summed E-state index contributed by atoms with van der Waals surface area (Å²) in [5.41, 5.74) is 9.18. The molecule has 1 heteroatoms. The SMILES string of the molecule is C=S(C)c1ccc(-c2c3ccccc3c(-c3ccc(C4CC4)c4ccccc34)c3cc(-c4ccccc4)ccc23)c2ccccc12.CC.CC. The molecule has 0 aliphatic heterocycles. The van der Waals surface area contributed by atoms with E-state index in [0.717, 1.165) is 0 Å². The highest BCUT2D eigenvalue weighted by Gasteiger charge is 2.27. The Hall–Kier alpha value is -4.98. The fraction of sp³-hybridized carbons (Fsp3) is 0.163. The summed E-state index contributed by atoms with van der Waals surface area (Å²) in [7, 11) is -0.0899. The lowest BCUT2D eigenvalue weighted by atomic mass is 9.82. The van der Waals surface area contributed by atoms with E-state index in [1.165, 1.54) is 99.8 Å². The fourth-order valence-corrected chi connectivity index (χ4v) is 8.51. The Morgan fingerprint density at radius 1 is 0.440 bits per heavy atom. The Kier molecular flexibility index (Phi) is 9.70. The van der Waals surface area contributed by atoms with Gasteiger partial charge in [0.1, 0.15) is 0 Å². The van der Waals surface area contributed by atoms with Gasteiger partial charge in [0.25, 0.3) is 0 Å². The topological polar surface area (TPSA) is 0 Å². The van der Waals surface area contributed by atoms with Crippen LogP contribution < -0.4 is 0 Å². The highest BCUT2D eigenvalue weighted by atomic mass is 32.2. The van der Waals surface area contributed by atoms with Crippen molar-refractivity contribution >= 4 is 59.4 Å². The molecule has 0 bridgehead atoms. The molecule has 1 saturated carbocycles. The average Bonchev–Trinajstić information content (AvgIpc) is 4.04. The molecule has 0 aromatic heterocycles. The van der Waals surface area contributed by atoms with E-state index >= 15 is 0 Å². The highest BCUT2D eigenvalue weighted by molar-refractivity contribution is 8.13. The molecule has 1 fully saturated rings. The molecule has 1 unspecified atom stereocenters. The van der Waals surface area contributed by atoms with Gasteiger partial charge in [-0.3, -0.25) is 0 Å². The van der Waals surface area contributed by atoms with Crippen molar-refractivity contribution in [1.29, 1.82) is 0 Å². The maximum atomic E-state index is 4.42. The lowest BCUT2D eigenvalue weighted by molar-refractivity contribution is 1.15. The van der Waals surface area contributed by atoms with Gasteiger partial charge in [0.15, 0.2) is 0 Å². The zero-order valence-corrected chi connectivity index (χ0v) is 30.8. The van der Waals surface area contributed by atoms with Crippen LogP contribution in [-0.4, -0.2) is 12.1 Å². The number of fused-ring (bicyclic) bond motifs is 4. The predicted molar refractivity (Wildman–Crippen MR) is 226 cm³/mol. The van der Waals surface area contributed by atoms with Crippen LogP contribution in [0.1, 0.15) is 52.0 Å². The average molecular weight is 667 g/mol. The van der Waals surface area contributed by atoms with Crippen LogP contribution in [0, 0.1) is 0 Å². The third-order valence-corrected chi connectivity index (χ3v) is 11.0. The highest BCUT2D eigenvalue weighted by Crippen LogP contribution is 2.50. The molecule has 0 amide bonds. The summed E-state index contributed by atoms with van der Waals surface area (Å²) in [4.78, 5) is 1.32. The first-order valence-corrected chi connectivity index (χ1v) is 20.0. The van der Waals surface area contributed by atoms with Crippen molar-refractivity contribution in [2.24, 2.45) is 0 Å². The smallest absolute Gasteiger partial charge is 0.00878 e. The molecule has 0 N–H and O–H groups in total. The lowest BCUT2D eigenvalue weighted by Crippen LogP contribution is -1.94. The van der Waals surface area contributed by atoms with Crippen molar-refractivity contribution in [3.05, 3.63) is 151 Å². The van der Waals surface area contributed by atoms with Crippen LogP contribution in [0.25, 0.3) is 76.5 Å². The summed E-state index contributed by atoms with van der Waals surface area (Å²) >= 11 is 0. The summed E-state index contributed by atoms with van der Waals surface area (Å²) in [6, 6.07) is 54.4. The van der Waals surface area contributed by atoms with Crippen LogP contribution in [-0.2, 0) is 0 Å². The normalized spacial score (nSPS) is 13.1. The number of hydrogen-bond acceptors (Lipinski definition) is 0. The summed E-state index contributed by atoms with van der Waals surface area (Å²) in [5.74, 6) is 5.11. The van der Waals surface area contributed by atoms with E-state index in [9.17, 15) is 0 Å². The molecule has 1 aliphatic carbocycles. The predicted octanol–water partition coefficient (Wildman–Crippen LogP) is 14.9. The summed E-state index contributed by atoms with van der Waals surface area (Å²) in [6.07, 6.45) is 4.81. The van der Waals surface area contributed by atoms with Crippen LogP contribution in [0.15, 0.2) is 150 Å². The third-order valence-electron chi connectivity index (χ3n) is 9.90. The van der Waals surface area contributed by atoms with Gasteiger partial charge >= 0.3 is 0 Å². The number of hydrogen-bond donors (Lipinski definition) is 0. The van der Waals surface area contributed by atoms with Crippen LogP contribution >= 0.6 is 10.5 Å². The Morgan fingerprint density at radius 3 is 1.52 bits per heavy atom. The lowest BCUT2D eigenvalue weighted by Gasteiger charge is -2.21. The minimum Gasteiger partial charge on any atom is -0.165 e. The Bertz CT molecular complexity index is 2500. The van der Waals surface area contributed by atoms with Gasteiger partial charge in [0, 0.05) is 4.90 Å². The van der Waals surface area contributed by atoms with E-state index < -0.39 is 0 Å². The summed E-state index contributed by atoms with van der Waals surface area (Å²) < 4.78 is 0. The molecule has 1 aliphatic rings. The monoisotopic (exact) mass is 666 g/mol. The van der Waals surface area contributed by atoms with E-state index in [1.807, 2.05) is 27.7 Å². The molecule has 0 saturated heterocycles. The van der Waals surface area contributed by atoms with E-state index in [4.69, 9.17) is 0 Å². The quantitative estimate of drug-likeness (QED) is 0.127. The van der Waals surface area contributed by atoms with Gasteiger partial charge in [0.2, 0.25) is 0 Å². The second-order valence-corrected chi connectivity index (χ2v) is 14.5. The van der Waals surface area contributed by atoms with Gasteiger partial charge < -0.3 is 0 Å². The second-order valence-electron chi connectivity index (χ2n) is 12.7. The Balaban J connectivity index is 0.000000948. The van der Waals surface area contributed by atoms with E-state index in [2.05, 4.69) is 158 Å². The van der Waals surface area contributed by atoms with Gasteiger partial charge in [-0.1, -0.05) is 167 Å². The standard InChI is InChI=1S/C45H34S.2C2H6/c1-46(2)43-27-26-40(35-16-8-9-17-36(35)43)44-37-18-10-11-19-38(37)45(42-28-31(22-23-41(42)44)29-12-4-3-5-13-29)39-25-24-32(30-20-21-30)33-14-6-7-15-34(33)39;2*1-2/h3-19,22-28,30H,1,20-21H2,2H3;2*1-2H3. The third kappa shape index (κ3) is 5.84. The zero-order chi connectivity index (χ0) is 34.8. The number of rotatable bonds is 5. The molecule has 1 atom stereocenters. The first-order chi connectivity index (χ1) is 24.7. The van der Waals surface area contributed by atoms with Crippen LogP contribution in [0.2, 0.25) is 0 Å². The van der Waals surface area contributed by atoms with E-state index in [1.54, 1.807) is 0 Å². The molecule has 0 spiro atoms. The van der Waals surface area contributed by atoms with Gasteiger partial charge in [-0.2, -0.15) is 10.5 Å². The fourth-order valence-electron chi connectivity index (χ4n) is 7.65. The van der Waals surface area contributed by atoms with Crippen molar-refractivity contribution in [3.8, 4) is 33.4 Å². The maximum absolute atomic E-state index is 4.42. The van der Waals surface area contributed by atoms with Crippen molar-refractivity contribution in [3.63, 3.8) is 0 Å². The molecule has 9 rings (SSSR count). The van der Waals surface area contributed by atoms with Gasteiger partial charge in [0.05, 0.1) is 0 Å². The van der Waals surface area contributed by atoms with Gasteiger partial charge in [-0.15, -0.1) is 0 Å². The number of benzene rings is 8. The second kappa shape index (κ2) is 14.5. The van der Waals surface area contributed by atoms with Gasteiger partial charge in [-0.05, 0) is 119 Å². The van der Waals surface area contributed by atoms with Crippen LogP contribution in [0.3, 0.4) is 0 Å². The molecule has 248 valence electrons. The largest absolute Gasteiger partial charge is 0.165 e. The van der Waals surface area contributed by atoms with E-state index in [-0.39, 0.29) is 10.5 Å². The van der Waals surface area contributed by atoms with Crippen LogP contribution in [0.5, 0.6) is 0 Å². The minimum absolute atomic E-state index is 0.0899. The van der Waals surface area contributed by atoms with Crippen LogP contribution in [0.4, 0.5) is 0 Å². The molecular formula is C49H46S. The Labute approximate surface area is 300 Å². The first kappa shape index (κ1) is 33.5. The summed E-state index contributed by atoms with van der Waals surface area (Å²) in [6.45, 7) is 8.00. The van der Waals surface area contributed by atoms with Crippen molar-refractivity contribution in [2.45, 2.75) is 51.3 Å². The molecule has 8 aromatic rings. The molecule has 8 aromatic carbocycles. The van der Waals surface area contributed by atoms with Gasteiger partial charge in [-0.25, -0.2) is 0 Å². The zero-order valence-electron chi connectivity index (χ0n) is 30.0. The molecule has 0 radical (unpaired) electrons. The summed E-state index contributed by atoms with van der Waals surface area (Å²) in [5, 5.41) is 10.5. The first-order valence-electron chi connectivity index (χ1n) is 18.2. The molecule has 50 heavy (non-hydrogen) atoms. The van der Waals surface area contributed by atoms with Crippen molar-refractivity contribution < 1.29 is 0 Å². The minimum atomic E-state index is -0.0899. The molecule has 0 heterocycles. The van der Waals surface area contributed by atoms with Crippen molar-refractivity contribution in [2.75, 3.05) is 6.26 Å². The Morgan fingerprint density at radius 2 is 0.920 bits per heavy atom. The van der Waals surface area contributed by atoms with Crippen molar-refractivity contribution in [1.82, 2.24) is 0 Å². The maximum Gasteiger partial charge on any atom is 0.00878 e.